The van der Waals surface area contributed by atoms with Crippen molar-refractivity contribution in [1.82, 2.24) is 0 Å². The van der Waals surface area contributed by atoms with E-state index in [1.807, 2.05) is 13.0 Å². The van der Waals surface area contributed by atoms with Gasteiger partial charge >= 0.3 is 0 Å². The molecule has 9 nitrogen and oxygen atoms in total. The number of hydrogen-bond donors (Lipinski definition) is 2. The van der Waals surface area contributed by atoms with Crippen LogP contribution in [0, 0.1) is 11.3 Å². The predicted octanol–water partition coefficient (Wildman–Crippen LogP) is 3.57. The van der Waals surface area contributed by atoms with E-state index in [2.05, 4.69) is 10.6 Å². The van der Waals surface area contributed by atoms with Crippen molar-refractivity contribution in [1.29, 1.82) is 5.26 Å². The van der Waals surface area contributed by atoms with Crippen LogP contribution in [-0.4, -0.2) is 37.5 Å². The molecule has 0 radical (unpaired) electrons. The van der Waals surface area contributed by atoms with E-state index < -0.39 is 5.91 Å². The van der Waals surface area contributed by atoms with Gasteiger partial charge in [0.25, 0.3) is 11.8 Å². The lowest BCUT2D eigenvalue weighted by atomic mass is 10.1. The number of ether oxygens (including phenoxy) is 2. The standard InChI is InChI=1S/C26H22N4O5/c1-2-34-23-13-17(14-27)7-12-22(23)35-16-25(32)28-19-10-8-18(9-11-19)26(33)30-15-24(31)29-20-5-3-4-6-21(20)30/h3-13H,2,15-16H2,1H3,(H,28,32)(H,29,31). The summed E-state index contributed by atoms with van der Waals surface area (Å²) in [6, 6.07) is 20.2. The molecule has 1 heterocycles. The fourth-order valence-electron chi connectivity index (χ4n) is 3.57. The van der Waals surface area contributed by atoms with Crippen molar-refractivity contribution in [2.75, 3.05) is 35.3 Å². The average Bonchev–Trinajstić information content (AvgIpc) is 2.87. The molecule has 4 rings (SSSR count). The monoisotopic (exact) mass is 470 g/mol. The summed E-state index contributed by atoms with van der Waals surface area (Å²) in [5.41, 5.74) is 2.49. The van der Waals surface area contributed by atoms with Crippen LogP contribution >= 0.6 is 0 Å². The van der Waals surface area contributed by atoms with Crippen LogP contribution in [0.15, 0.2) is 66.7 Å². The third kappa shape index (κ3) is 5.39. The molecule has 0 bridgehead atoms. The molecule has 0 aromatic heterocycles. The van der Waals surface area contributed by atoms with Gasteiger partial charge in [0.15, 0.2) is 18.1 Å². The van der Waals surface area contributed by atoms with Crippen molar-refractivity contribution in [2.24, 2.45) is 0 Å². The Morgan fingerprint density at radius 2 is 1.83 bits per heavy atom. The van der Waals surface area contributed by atoms with Gasteiger partial charge < -0.3 is 20.1 Å². The summed E-state index contributed by atoms with van der Waals surface area (Å²) in [7, 11) is 0. The average molecular weight is 470 g/mol. The SMILES string of the molecule is CCOc1cc(C#N)ccc1OCC(=O)Nc1ccc(C(=O)N2CC(=O)Nc3ccccc32)cc1. The molecule has 0 fully saturated rings. The van der Waals surface area contributed by atoms with E-state index in [1.165, 1.54) is 4.90 Å². The molecule has 0 unspecified atom stereocenters. The summed E-state index contributed by atoms with van der Waals surface area (Å²) in [5.74, 6) is -0.256. The second-order valence-electron chi connectivity index (χ2n) is 7.58. The summed E-state index contributed by atoms with van der Waals surface area (Å²) < 4.78 is 11.0. The maximum absolute atomic E-state index is 13.0. The number of rotatable bonds is 7. The number of nitrogens with one attached hydrogen (secondary N) is 2. The van der Waals surface area contributed by atoms with Crippen LogP contribution in [0.25, 0.3) is 0 Å². The molecular formula is C26H22N4O5. The zero-order valence-corrected chi connectivity index (χ0v) is 18.9. The molecule has 0 atom stereocenters. The molecule has 2 N–H and O–H groups in total. The molecule has 0 spiro atoms. The Bertz CT molecular complexity index is 1310. The lowest BCUT2D eigenvalue weighted by Gasteiger charge is -2.29. The summed E-state index contributed by atoms with van der Waals surface area (Å²) in [6.07, 6.45) is 0. The summed E-state index contributed by atoms with van der Waals surface area (Å²) in [4.78, 5) is 38.8. The summed E-state index contributed by atoms with van der Waals surface area (Å²) in [5, 5.41) is 14.5. The van der Waals surface area contributed by atoms with E-state index in [9.17, 15) is 14.4 Å². The lowest BCUT2D eigenvalue weighted by Crippen LogP contribution is -2.42. The number of benzene rings is 3. The van der Waals surface area contributed by atoms with Crippen molar-refractivity contribution >= 4 is 34.8 Å². The van der Waals surface area contributed by atoms with E-state index in [0.717, 1.165) is 0 Å². The van der Waals surface area contributed by atoms with Crippen molar-refractivity contribution in [3.63, 3.8) is 0 Å². The maximum atomic E-state index is 13.0. The zero-order chi connectivity index (χ0) is 24.8. The molecule has 3 aromatic carbocycles. The Balaban J connectivity index is 1.38. The van der Waals surface area contributed by atoms with E-state index in [1.54, 1.807) is 66.7 Å². The summed E-state index contributed by atoms with van der Waals surface area (Å²) >= 11 is 0. The number of fused-ring (bicyclic) bond motifs is 1. The van der Waals surface area contributed by atoms with Gasteiger partial charge in [0, 0.05) is 17.3 Å². The lowest BCUT2D eigenvalue weighted by molar-refractivity contribution is -0.118. The Kier molecular flexibility index (Phi) is 6.93. The van der Waals surface area contributed by atoms with Gasteiger partial charge in [-0.2, -0.15) is 5.26 Å². The number of nitriles is 1. The Hall–Kier alpha value is -4.84. The summed E-state index contributed by atoms with van der Waals surface area (Å²) in [6.45, 7) is 1.84. The van der Waals surface area contributed by atoms with Gasteiger partial charge in [-0.05, 0) is 55.5 Å². The van der Waals surface area contributed by atoms with Crippen LogP contribution in [0.3, 0.4) is 0 Å². The first-order valence-electron chi connectivity index (χ1n) is 10.9. The molecule has 9 heteroatoms. The molecule has 1 aliphatic heterocycles. The van der Waals surface area contributed by atoms with Crippen molar-refractivity contribution in [3.05, 3.63) is 77.9 Å². The number of para-hydroxylation sites is 2. The largest absolute Gasteiger partial charge is 0.490 e. The normalized spacial score (nSPS) is 12.1. The van der Waals surface area contributed by atoms with Gasteiger partial charge in [-0.25, -0.2) is 0 Å². The van der Waals surface area contributed by atoms with Gasteiger partial charge in [0.05, 0.1) is 29.6 Å². The highest BCUT2D eigenvalue weighted by molar-refractivity contribution is 6.15. The molecule has 176 valence electrons. The van der Waals surface area contributed by atoms with Gasteiger partial charge in [-0.3, -0.25) is 19.3 Å². The minimum atomic E-state index is -0.405. The van der Waals surface area contributed by atoms with Crippen LogP contribution in [0.2, 0.25) is 0 Å². The topological polar surface area (TPSA) is 121 Å². The van der Waals surface area contributed by atoms with E-state index in [4.69, 9.17) is 14.7 Å². The van der Waals surface area contributed by atoms with Gasteiger partial charge in [-0.1, -0.05) is 12.1 Å². The maximum Gasteiger partial charge on any atom is 0.262 e. The van der Waals surface area contributed by atoms with Crippen LogP contribution in [0.1, 0.15) is 22.8 Å². The number of carbonyl (C=O) groups is 3. The Morgan fingerprint density at radius 1 is 1.06 bits per heavy atom. The minimum Gasteiger partial charge on any atom is -0.490 e. The van der Waals surface area contributed by atoms with Crippen LogP contribution in [-0.2, 0) is 9.59 Å². The highest BCUT2D eigenvalue weighted by Crippen LogP contribution is 2.30. The van der Waals surface area contributed by atoms with Gasteiger partial charge in [0.1, 0.15) is 6.54 Å². The molecular weight excluding hydrogens is 448 g/mol. The molecule has 0 saturated heterocycles. The van der Waals surface area contributed by atoms with Gasteiger partial charge in [-0.15, -0.1) is 0 Å². The number of amides is 3. The Morgan fingerprint density at radius 3 is 2.57 bits per heavy atom. The third-order valence-electron chi connectivity index (χ3n) is 5.16. The van der Waals surface area contributed by atoms with Crippen LogP contribution in [0.4, 0.5) is 17.1 Å². The highest BCUT2D eigenvalue weighted by atomic mass is 16.5. The van der Waals surface area contributed by atoms with E-state index >= 15 is 0 Å². The third-order valence-corrected chi connectivity index (χ3v) is 5.16. The van der Waals surface area contributed by atoms with Crippen LogP contribution in [0.5, 0.6) is 11.5 Å². The quantitative estimate of drug-likeness (QED) is 0.545. The van der Waals surface area contributed by atoms with Gasteiger partial charge in [0.2, 0.25) is 5.91 Å². The molecule has 0 saturated carbocycles. The first-order chi connectivity index (χ1) is 17.0. The number of hydrogen-bond acceptors (Lipinski definition) is 6. The molecule has 1 aliphatic rings. The fourth-order valence-corrected chi connectivity index (χ4v) is 3.57. The van der Waals surface area contributed by atoms with E-state index in [0.29, 0.717) is 46.3 Å². The first kappa shape index (κ1) is 23.3. The number of anilines is 3. The zero-order valence-electron chi connectivity index (χ0n) is 18.9. The molecule has 3 amide bonds. The smallest absolute Gasteiger partial charge is 0.262 e. The molecule has 3 aromatic rings. The second-order valence-corrected chi connectivity index (χ2v) is 7.58. The first-order valence-corrected chi connectivity index (χ1v) is 10.9. The van der Waals surface area contributed by atoms with Crippen molar-refractivity contribution < 1.29 is 23.9 Å². The highest BCUT2D eigenvalue weighted by Gasteiger charge is 2.27. The second kappa shape index (κ2) is 10.4. The van der Waals surface area contributed by atoms with Crippen molar-refractivity contribution in [2.45, 2.75) is 6.92 Å². The number of nitrogens with zero attached hydrogens (tertiary/aromatic N) is 2. The Labute approximate surface area is 201 Å². The number of carbonyl (C=O) groups excluding carboxylic acids is 3. The van der Waals surface area contributed by atoms with Crippen LogP contribution < -0.4 is 25.0 Å². The van der Waals surface area contributed by atoms with Crippen molar-refractivity contribution in [3.8, 4) is 17.6 Å². The minimum absolute atomic E-state index is 0.0786. The van der Waals surface area contributed by atoms with E-state index in [-0.39, 0.29) is 25.0 Å². The predicted molar refractivity (Wildman–Crippen MR) is 130 cm³/mol. The molecule has 35 heavy (non-hydrogen) atoms. The fraction of sp³-hybridized carbons (Fsp3) is 0.154. The molecule has 0 aliphatic carbocycles.